The lowest BCUT2D eigenvalue weighted by Crippen LogP contribution is -2.44. The minimum Gasteiger partial charge on any atom is -0.494 e. The van der Waals surface area contributed by atoms with Gasteiger partial charge in [-0.3, -0.25) is 4.79 Å². The van der Waals surface area contributed by atoms with Crippen LogP contribution in [0.5, 0.6) is 5.75 Å². The van der Waals surface area contributed by atoms with Crippen LogP contribution >= 0.6 is 12.2 Å². The fourth-order valence-corrected chi connectivity index (χ4v) is 3.79. The number of hydrogen-bond acceptors (Lipinski definition) is 4. The van der Waals surface area contributed by atoms with Gasteiger partial charge in [0.05, 0.1) is 19.3 Å². The normalized spacial score (nSPS) is 16.1. The van der Waals surface area contributed by atoms with Gasteiger partial charge in [0.25, 0.3) is 5.56 Å². The lowest BCUT2D eigenvalue weighted by Gasteiger charge is -2.28. The average molecular weight is 418 g/mol. The maximum absolute atomic E-state index is 12.7. The van der Waals surface area contributed by atoms with Gasteiger partial charge in [-0.2, -0.15) is 0 Å². The molecule has 0 bridgehead atoms. The first-order valence-corrected chi connectivity index (χ1v) is 10.9. The smallest absolute Gasteiger partial charge is 0.253 e. The number of aromatic amines is 1. The van der Waals surface area contributed by atoms with Crippen LogP contribution in [0.4, 0.5) is 0 Å². The van der Waals surface area contributed by atoms with E-state index in [4.69, 9.17) is 21.7 Å². The molecule has 0 saturated carbocycles. The summed E-state index contributed by atoms with van der Waals surface area (Å²) in [5, 5.41) is 4.96. The number of H-pyrrole nitrogens is 1. The van der Waals surface area contributed by atoms with E-state index in [2.05, 4.69) is 22.1 Å². The molecule has 1 saturated heterocycles. The molecule has 1 aromatic heterocycles. The summed E-state index contributed by atoms with van der Waals surface area (Å²) >= 11 is 5.64. The van der Waals surface area contributed by atoms with Crippen LogP contribution in [0.15, 0.2) is 29.1 Å². The fourth-order valence-electron chi connectivity index (χ4n) is 3.55. The van der Waals surface area contributed by atoms with Gasteiger partial charge in [0.2, 0.25) is 0 Å². The van der Waals surface area contributed by atoms with Gasteiger partial charge in [-0.1, -0.05) is 13.3 Å². The number of fused-ring (bicyclic) bond motifs is 1. The zero-order valence-corrected chi connectivity index (χ0v) is 18.1. The quantitative estimate of drug-likeness (QED) is 0.480. The van der Waals surface area contributed by atoms with Crippen molar-refractivity contribution in [1.82, 2.24) is 15.2 Å². The largest absolute Gasteiger partial charge is 0.494 e. The molecule has 2 aromatic rings. The molecule has 3 rings (SSSR count). The molecule has 1 aromatic carbocycles. The van der Waals surface area contributed by atoms with Gasteiger partial charge in [-0.25, -0.2) is 0 Å². The molecule has 1 aliphatic rings. The molecule has 1 fully saturated rings. The van der Waals surface area contributed by atoms with E-state index in [1.807, 2.05) is 31.2 Å². The van der Waals surface area contributed by atoms with Crippen LogP contribution in [0, 0.1) is 0 Å². The number of hydrogen-bond donors (Lipinski definition) is 2. The topological polar surface area (TPSA) is 66.6 Å². The molecule has 2 N–H and O–H groups in total. The molecule has 0 amide bonds. The minimum atomic E-state index is -0.0876. The number of aromatic nitrogens is 1. The van der Waals surface area contributed by atoms with Crippen molar-refractivity contribution < 1.29 is 9.47 Å². The average Bonchev–Trinajstić information content (AvgIpc) is 3.22. The van der Waals surface area contributed by atoms with Crippen molar-refractivity contribution in [1.29, 1.82) is 0 Å². The Balaban J connectivity index is 1.82. The Bertz CT molecular complexity index is 877. The molecule has 2 heterocycles. The molecule has 0 aliphatic carbocycles. The lowest BCUT2D eigenvalue weighted by molar-refractivity contribution is 0.0897. The third kappa shape index (κ3) is 5.93. The van der Waals surface area contributed by atoms with Gasteiger partial charge in [0.15, 0.2) is 5.11 Å². The second-order valence-corrected chi connectivity index (χ2v) is 7.79. The molecule has 1 unspecified atom stereocenters. The van der Waals surface area contributed by atoms with E-state index in [-0.39, 0.29) is 11.7 Å². The summed E-state index contributed by atoms with van der Waals surface area (Å²) in [6, 6.07) is 7.65. The van der Waals surface area contributed by atoms with Crippen LogP contribution in [-0.4, -0.2) is 47.4 Å². The van der Waals surface area contributed by atoms with E-state index >= 15 is 0 Å². The number of nitrogens with zero attached hydrogens (tertiary/aromatic N) is 1. The third-order valence-corrected chi connectivity index (χ3v) is 5.51. The van der Waals surface area contributed by atoms with E-state index in [0.29, 0.717) is 30.4 Å². The van der Waals surface area contributed by atoms with E-state index in [9.17, 15) is 4.79 Å². The van der Waals surface area contributed by atoms with Crippen LogP contribution in [0.25, 0.3) is 10.9 Å². The van der Waals surface area contributed by atoms with Gasteiger partial charge in [-0.05, 0) is 62.7 Å². The predicted molar refractivity (Wildman–Crippen MR) is 121 cm³/mol. The van der Waals surface area contributed by atoms with E-state index in [0.717, 1.165) is 55.5 Å². The Labute approximate surface area is 177 Å². The Hall–Kier alpha value is -2.12. The molecule has 7 heteroatoms. The highest BCUT2D eigenvalue weighted by atomic mass is 32.1. The summed E-state index contributed by atoms with van der Waals surface area (Å²) in [6.45, 7) is 7.48. The molecule has 1 aliphatic heterocycles. The summed E-state index contributed by atoms with van der Waals surface area (Å²) in [4.78, 5) is 17.7. The van der Waals surface area contributed by atoms with Crippen LogP contribution in [0.2, 0.25) is 0 Å². The Morgan fingerprint density at radius 2 is 2.24 bits per heavy atom. The lowest BCUT2D eigenvalue weighted by atomic mass is 10.1. The van der Waals surface area contributed by atoms with E-state index in [1.165, 1.54) is 0 Å². The minimum absolute atomic E-state index is 0.0876. The maximum atomic E-state index is 12.7. The number of ether oxygens (including phenoxy) is 2. The van der Waals surface area contributed by atoms with E-state index < -0.39 is 0 Å². The predicted octanol–water partition coefficient (Wildman–Crippen LogP) is 3.58. The summed E-state index contributed by atoms with van der Waals surface area (Å²) in [5.74, 6) is 0.797. The summed E-state index contributed by atoms with van der Waals surface area (Å²) in [7, 11) is 0. The second-order valence-electron chi connectivity index (χ2n) is 7.41. The van der Waals surface area contributed by atoms with Crippen molar-refractivity contribution in [2.45, 2.75) is 52.2 Å². The van der Waals surface area contributed by atoms with Crippen LogP contribution < -0.4 is 15.6 Å². The second kappa shape index (κ2) is 10.6. The summed E-state index contributed by atoms with van der Waals surface area (Å²) in [6.07, 6.45) is 4.42. The highest BCUT2D eigenvalue weighted by Crippen LogP contribution is 2.20. The molecular weight excluding hydrogens is 386 g/mol. The van der Waals surface area contributed by atoms with Gasteiger partial charge < -0.3 is 24.7 Å². The molecule has 6 nitrogen and oxygen atoms in total. The zero-order chi connectivity index (χ0) is 20.6. The number of rotatable bonds is 9. The van der Waals surface area contributed by atoms with Crippen LogP contribution in [0.1, 0.15) is 45.1 Å². The molecule has 0 spiro atoms. The molecule has 29 heavy (non-hydrogen) atoms. The highest BCUT2D eigenvalue weighted by Gasteiger charge is 2.22. The number of nitrogens with one attached hydrogen (secondary N) is 2. The van der Waals surface area contributed by atoms with Crippen molar-refractivity contribution in [3.05, 3.63) is 40.2 Å². The molecule has 158 valence electrons. The Morgan fingerprint density at radius 1 is 1.38 bits per heavy atom. The first-order valence-electron chi connectivity index (χ1n) is 10.5. The third-order valence-electron chi connectivity index (χ3n) is 5.11. The van der Waals surface area contributed by atoms with Crippen molar-refractivity contribution in [3.63, 3.8) is 0 Å². The zero-order valence-electron chi connectivity index (χ0n) is 17.3. The van der Waals surface area contributed by atoms with E-state index in [1.54, 1.807) is 0 Å². The summed E-state index contributed by atoms with van der Waals surface area (Å²) in [5.41, 5.74) is 1.40. The molecular formula is C22H31N3O3S. The Kier molecular flexibility index (Phi) is 7.89. The first kappa shape index (κ1) is 21.6. The fraction of sp³-hybridized carbons (Fsp3) is 0.545. The van der Waals surface area contributed by atoms with Crippen molar-refractivity contribution >= 4 is 28.2 Å². The number of pyridine rings is 1. The SMILES string of the molecule is CCCCNC(=S)N(Cc1cc2cc(OCC)ccc2[nH]c1=O)CC1CCCO1. The van der Waals surface area contributed by atoms with Crippen molar-refractivity contribution in [3.8, 4) is 5.75 Å². The van der Waals surface area contributed by atoms with Gasteiger partial charge in [-0.15, -0.1) is 0 Å². The first-order chi connectivity index (χ1) is 14.1. The van der Waals surface area contributed by atoms with Gasteiger partial charge >= 0.3 is 0 Å². The van der Waals surface area contributed by atoms with Gasteiger partial charge in [0.1, 0.15) is 5.75 Å². The Morgan fingerprint density at radius 3 is 2.97 bits per heavy atom. The van der Waals surface area contributed by atoms with Crippen molar-refractivity contribution in [2.75, 3.05) is 26.3 Å². The number of benzene rings is 1. The number of thiocarbonyl (C=S) groups is 1. The highest BCUT2D eigenvalue weighted by molar-refractivity contribution is 7.80. The molecule has 1 atom stereocenters. The molecule has 0 radical (unpaired) electrons. The standard InChI is InChI=1S/C22H31N3O3S/c1-3-5-10-23-22(29)25(15-19-7-6-11-28-19)14-17-12-16-13-18(27-4-2)8-9-20(16)24-21(17)26/h8-9,12-13,19H,3-7,10-11,14-15H2,1-2H3,(H,23,29)(H,24,26). The summed E-state index contributed by atoms with van der Waals surface area (Å²) < 4.78 is 11.4. The van der Waals surface area contributed by atoms with Crippen LogP contribution in [0.3, 0.4) is 0 Å². The van der Waals surface area contributed by atoms with Crippen molar-refractivity contribution in [2.24, 2.45) is 0 Å². The monoisotopic (exact) mass is 417 g/mol. The van der Waals surface area contributed by atoms with Crippen LogP contribution in [-0.2, 0) is 11.3 Å². The maximum Gasteiger partial charge on any atom is 0.253 e. The van der Waals surface area contributed by atoms with Gasteiger partial charge in [0, 0.05) is 36.2 Å². The number of unbranched alkanes of at least 4 members (excludes halogenated alkanes) is 1.